The van der Waals surface area contributed by atoms with Crippen molar-refractivity contribution in [2.75, 3.05) is 0 Å². The first-order chi connectivity index (χ1) is 10.5. The van der Waals surface area contributed by atoms with E-state index in [-0.39, 0.29) is 5.78 Å². The quantitative estimate of drug-likeness (QED) is 0.664. The highest BCUT2D eigenvalue weighted by Gasteiger charge is 2.16. The lowest BCUT2D eigenvalue weighted by Crippen LogP contribution is -2.05. The predicted molar refractivity (Wildman–Crippen MR) is 86.8 cm³/mol. The van der Waals surface area contributed by atoms with E-state index in [4.69, 9.17) is 0 Å². The number of Topliss-reactive ketones (excluding diaryl/α,β-unsaturated/α-hetero) is 1. The Morgan fingerprint density at radius 3 is 1.82 bits per heavy atom. The van der Waals surface area contributed by atoms with Gasteiger partial charge in [-0.2, -0.15) is 0 Å². The number of carboxylic acid groups (broad SMARTS) is 1. The van der Waals surface area contributed by atoms with Crippen molar-refractivity contribution in [2.45, 2.75) is 20.3 Å². The number of benzene rings is 2. The molecule has 1 N–H and O–H groups in total. The summed E-state index contributed by atoms with van der Waals surface area (Å²) in [6.45, 7) is 3.34. The Balaban J connectivity index is 2.64. The van der Waals surface area contributed by atoms with Crippen LogP contribution in [-0.2, 0) is 4.79 Å². The highest BCUT2D eigenvalue weighted by Crippen LogP contribution is 2.29. The van der Waals surface area contributed by atoms with Gasteiger partial charge in [0.05, 0.1) is 0 Å². The number of carbonyl (C=O) groups is 2. The second-order valence-electron chi connectivity index (χ2n) is 5.01. The summed E-state index contributed by atoms with van der Waals surface area (Å²) >= 11 is 0. The summed E-state index contributed by atoms with van der Waals surface area (Å²) in [5.41, 5.74) is 3.34. The summed E-state index contributed by atoms with van der Waals surface area (Å²) in [5, 5.41) is 9.50. The molecule has 0 atom stereocenters. The number of hydrogen-bond donors (Lipinski definition) is 1. The topological polar surface area (TPSA) is 54.4 Å². The number of ketones is 1. The zero-order chi connectivity index (χ0) is 16.1. The summed E-state index contributed by atoms with van der Waals surface area (Å²) in [4.78, 5) is 23.0. The van der Waals surface area contributed by atoms with Crippen LogP contribution in [0.15, 0.2) is 60.2 Å². The smallest absolute Gasteiger partial charge is 0.332 e. The molecule has 0 unspecified atom stereocenters. The van der Waals surface area contributed by atoms with Crippen molar-refractivity contribution in [3.8, 4) is 0 Å². The average Bonchev–Trinajstić information content (AvgIpc) is 2.53. The maximum Gasteiger partial charge on any atom is 0.332 e. The average molecular weight is 294 g/mol. The van der Waals surface area contributed by atoms with E-state index in [9.17, 15) is 14.7 Å². The lowest BCUT2D eigenvalue weighted by atomic mass is 9.91. The van der Waals surface area contributed by atoms with Crippen LogP contribution in [0.25, 0.3) is 5.57 Å². The Labute approximate surface area is 129 Å². The minimum Gasteiger partial charge on any atom is -0.478 e. The van der Waals surface area contributed by atoms with Crippen molar-refractivity contribution >= 4 is 17.3 Å². The summed E-state index contributed by atoms with van der Waals surface area (Å²) in [5.74, 6) is -0.928. The Kier molecular flexibility index (Phi) is 4.89. The molecule has 0 spiro atoms. The maximum absolute atomic E-state index is 11.6. The first-order valence-electron chi connectivity index (χ1n) is 7.17. The third-order valence-electron chi connectivity index (χ3n) is 3.56. The molecular weight excluding hydrogens is 276 g/mol. The Hall–Kier alpha value is -2.68. The first-order valence-corrected chi connectivity index (χ1v) is 7.17. The zero-order valence-electron chi connectivity index (χ0n) is 12.7. The van der Waals surface area contributed by atoms with Crippen LogP contribution in [0.1, 0.15) is 41.8 Å². The Bertz CT molecular complexity index is 710. The molecule has 2 rings (SSSR count). The summed E-state index contributed by atoms with van der Waals surface area (Å²) < 4.78 is 0. The van der Waals surface area contributed by atoms with E-state index < -0.39 is 5.97 Å². The maximum atomic E-state index is 11.6. The monoisotopic (exact) mass is 294 g/mol. The van der Waals surface area contributed by atoms with Crippen LogP contribution in [0.5, 0.6) is 0 Å². The van der Waals surface area contributed by atoms with Gasteiger partial charge in [0.2, 0.25) is 0 Å². The standard InChI is InChI=1S/C19H18O3/c1-3-17(19(21)22)18(15-7-5-4-6-8-15)16-11-9-14(10-12-16)13(2)20/h4-12H,3H2,1-2H3,(H,21,22)/b18-17-. The van der Waals surface area contributed by atoms with Crippen molar-refractivity contribution < 1.29 is 14.7 Å². The van der Waals surface area contributed by atoms with Crippen LogP contribution in [-0.4, -0.2) is 16.9 Å². The Morgan fingerprint density at radius 2 is 1.36 bits per heavy atom. The van der Waals surface area contributed by atoms with E-state index in [2.05, 4.69) is 0 Å². The lowest BCUT2D eigenvalue weighted by Gasteiger charge is -2.13. The highest BCUT2D eigenvalue weighted by molar-refractivity contribution is 6.01. The number of rotatable bonds is 5. The van der Waals surface area contributed by atoms with Crippen molar-refractivity contribution in [3.05, 3.63) is 76.9 Å². The van der Waals surface area contributed by atoms with Crippen LogP contribution in [0, 0.1) is 0 Å². The molecule has 112 valence electrons. The van der Waals surface area contributed by atoms with Crippen molar-refractivity contribution in [3.63, 3.8) is 0 Å². The van der Waals surface area contributed by atoms with Gasteiger partial charge in [0.15, 0.2) is 5.78 Å². The molecule has 3 heteroatoms. The molecule has 0 aliphatic carbocycles. The van der Waals surface area contributed by atoms with E-state index in [1.807, 2.05) is 37.3 Å². The second kappa shape index (κ2) is 6.85. The number of aliphatic carboxylic acids is 1. The fourth-order valence-corrected chi connectivity index (χ4v) is 2.43. The van der Waals surface area contributed by atoms with Crippen molar-refractivity contribution in [1.29, 1.82) is 0 Å². The molecule has 0 fully saturated rings. The van der Waals surface area contributed by atoms with Gasteiger partial charge in [-0.25, -0.2) is 4.79 Å². The van der Waals surface area contributed by atoms with E-state index in [0.29, 0.717) is 23.1 Å². The van der Waals surface area contributed by atoms with Crippen LogP contribution < -0.4 is 0 Å². The van der Waals surface area contributed by atoms with Crippen LogP contribution in [0.4, 0.5) is 0 Å². The lowest BCUT2D eigenvalue weighted by molar-refractivity contribution is -0.132. The normalized spacial score (nSPS) is 11.7. The number of carboxylic acids is 1. The van der Waals surface area contributed by atoms with Gasteiger partial charge in [-0.05, 0) is 30.0 Å². The Morgan fingerprint density at radius 1 is 0.864 bits per heavy atom. The van der Waals surface area contributed by atoms with Gasteiger partial charge in [-0.15, -0.1) is 0 Å². The van der Waals surface area contributed by atoms with Gasteiger partial charge in [-0.1, -0.05) is 61.5 Å². The van der Waals surface area contributed by atoms with E-state index in [1.54, 1.807) is 24.3 Å². The highest BCUT2D eigenvalue weighted by atomic mass is 16.4. The molecule has 22 heavy (non-hydrogen) atoms. The SMILES string of the molecule is CC/C(C(=O)O)=C(\c1ccccc1)c1ccc(C(C)=O)cc1. The third kappa shape index (κ3) is 3.31. The predicted octanol–water partition coefficient (Wildman–Crippen LogP) is 4.19. The summed E-state index contributed by atoms with van der Waals surface area (Å²) in [7, 11) is 0. The molecule has 0 saturated carbocycles. The molecule has 0 aliphatic rings. The minimum absolute atomic E-state index is 0.00857. The van der Waals surface area contributed by atoms with Crippen molar-refractivity contribution in [2.24, 2.45) is 0 Å². The first kappa shape index (κ1) is 15.7. The second-order valence-corrected chi connectivity index (χ2v) is 5.01. The van der Waals surface area contributed by atoms with Gasteiger partial charge in [0.25, 0.3) is 0 Å². The van der Waals surface area contributed by atoms with Gasteiger partial charge in [-0.3, -0.25) is 4.79 Å². The molecule has 0 amide bonds. The van der Waals surface area contributed by atoms with Crippen molar-refractivity contribution in [1.82, 2.24) is 0 Å². The zero-order valence-corrected chi connectivity index (χ0v) is 12.7. The summed E-state index contributed by atoms with van der Waals surface area (Å²) in [6, 6.07) is 16.5. The van der Waals surface area contributed by atoms with Gasteiger partial charge in [0, 0.05) is 11.1 Å². The molecule has 2 aromatic rings. The van der Waals surface area contributed by atoms with E-state index in [0.717, 1.165) is 11.1 Å². The molecule has 0 heterocycles. The van der Waals surface area contributed by atoms with Gasteiger partial charge >= 0.3 is 5.97 Å². The fraction of sp³-hybridized carbons (Fsp3) is 0.158. The van der Waals surface area contributed by atoms with Crippen LogP contribution in [0.2, 0.25) is 0 Å². The molecule has 0 aromatic heterocycles. The molecule has 0 aliphatic heterocycles. The van der Waals surface area contributed by atoms with E-state index in [1.165, 1.54) is 6.92 Å². The molecule has 0 saturated heterocycles. The summed E-state index contributed by atoms with van der Waals surface area (Å²) in [6.07, 6.45) is 0.425. The third-order valence-corrected chi connectivity index (χ3v) is 3.56. The minimum atomic E-state index is -0.919. The molecule has 0 radical (unpaired) electrons. The van der Waals surface area contributed by atoms with Gasteiger partial charge in [0.1, 0.15) is 0 Å². The largest absolute Gasteiger partial charge is 0.478 e. The molecule has 2 aromatic carbocycles. The van der Waals surface area contributed by atoms with Gasteiger partial charge < -0.3 is 5.11 Å². The molecular formula is C19H18O3. The molecule has 0 bridgehead atoms. The number of carbonyl (C=O) groups excluding carboxylic acids is 1. The van der Waals surface area contributed by atoms with Crippen LogP contribution >= 0.6 is 0 Å². The van der Waals surface area contributed by atoms with E-state index >= 15 is 0 Å². The van der Waals surface area contributed by atoms with Crippen LogP contribution in [0.3, 0.4) is 0 Å². The number of hydrogen-bond acceptors (Lipinski definition) is 2. The fourth-order valence-electron chi connectivity index (χ4n) is 2.43. The molecule has 3 nitrogen and oxygen atoms in total.